The van der Waals surface area contributed by atoms with Crippen LogP contribution in [0.4, 0.5) is 8.78 Å². The van der Waals surface area contributed by atoms with Crippen LogP contribution in [0.3, 0.4) is 0 Å². The number of hydrogen-bond acceptors (Lipinski definition) is 4. The second-order valence-corrected chi connectivity index (χ2v) is 8.70. The van der Waals surface area contributed by atoms with Gasteiger partial charge in [0.2, 0.25) is 5.91 Å². The van der Waals surface area contributed by atoms with Crippen molar-refractivity contribution in [3.63, 3.8) is 0 Å². The summed E-state index contributed by atoms with van der Waals surface area (Å²) < 4.78 is 32.7. The number of pyridine rings is 1. The summed E-state index contributed by atoms with van der Waals surface area (Å²) in [4.78, 5) is 19.7. The molecule has 1 N–H and O–H groups in total. The Morgan fingerprint density at radius 3 is 2.33 bits per heavy atom. The lowest BCUT2D eigenvalue weighted by Gasteiger charge is -2.32. The first-order valence-corrected chi connectivity index (χ1v) is 12.6. The topological polar surface area (TPSA) is 54.5 Å². The number of nitrogens with one attached hydrogen (secondary N) is 1. The lowest BCUT2D eigenvalue weighted by molar-refractivity contribution is -0.127. The highest BCUT2D eigenvalue weighted by Crippen LogP contribution is 2.25. The molecule has 2 heterocycles. The second kappa shape index (κ2) is 13.9. The van der Waals surface area contributed by atoms with Crippen LogP contribution in [0.1, 0.15) is 44.0 Å². The minimum atomic E-state index is -0.710. The molecule has 0 saturated carbocycles. The maximum atomic E-state index is 13.7. The van der Waals surface area contributed by atoms with Crippen molar-refractivity contribution in [2.75, 3.05) is 26.2 Å². The molecular weight excluding hydrogens is 484 g/mol. The largest absolute Gasteiger partial charge is 0.486 e. The van der Waals surface area contributed by atoms with Crippen molar-refractivity contribution in [1.82, 2.24) is 15.2 Å². The molecule has 1 aliphatic heterocycles. The van der Waals surface area contributed by atoms with Crippen molar-refractivity contribution in [3.05, 3.63) is 94.8 Å². The molecule has 192 valence electrons. The van der Waals surface area contributed by atoms with E-state index in [0.29, 0.717) is 37.5 Å². The Balaban J connectivity index is 0.00000176. The normalized spacial score (nSPS) is 14.9. The number of halogens is 3. The first-order chi connectivity index (χ1) is 17.5. The average Bonchev–Trinajstić information content (AvgIpc) is 2.91. The Kier molecular flexibility index (Phi) is 10.6. The molecule has 1 fully saturated rings. The highest BCUT2D eigenvalue weighted by Gasteiger charge is 2.28. The summed E-state index contributed by atoms with van der Waals surface area (Å²) in [6, 6.07) is 16.3. The lowest BCUT2D eigenvalue weighted by atomic mass is 9.94. The third-order valence-electron chi connectivity index (χ3n) is 6.00. The van der Waals surface area contributed by atoms with E-state index < -0.39 is 11.6 Å². The van der Waals surface area contributed by atoms with Crippen LogP contribution in [0.2, 0.25) is 5.02 Å². The number of hydrogen-bond donors (Lipinski definition) is 1. The van der Waals surface area contributed by atoms with E-state index in [1.165, 1.54) is 18.2 Å². The van der Waals surface area contributed by atoms with Gasteiger partial charge in [-0.05, 0) is 67.9 Å². The van der Waals surface area contributed by atoms with Crippen molar-refractivity contribution in [1.29, 1.82) is 0 Å². The van der Waals surface area contributed by atoms with E-state index in [-0.39, 0.29) is 30.2 Å². The van der Waals surface area contributed by atoms with Crippen molar-refractivity contribution < 1.29 is 18.3 Å². The van der Waals surface area contributed by atoms with Gasteiger partial charge < -0.3 is 10.1 Å². The Morgan fingerprint density at radius 1 is 1.06 bits per heavy atom. The van der Waals surface area contributed by atoms with E-state index >= 15 is 0 Å². The summed E-state index contributed by atoms with van der Waals surface area (Å²) in [7, 11) is 0. The number of rotatable bonds is 8. The van der Waals surface area contributed by atoms with Crippen molar-refractivity contribution in [3.8, 4) is 5.75 Å². The minimum absolute atomic E-state index is 0.0186. The van der Waals surface area contributed by atoms with E-state index in [9.17, 15) is 13.6 Å². The number of nitrogens with zero attached hydrogens (tertiary/aromatic N) is 2. The first kappa shape index (κ1) is 27.6. The number of carbonyl (C=O) groups excluding carboxylic acids is 1. The van der Waals surface area contributed by atoms with Crippen molar-refractivity contribution in [2.45, 2.75) is 32.7 Å². The summed E-state index contributed by atoms with van der Waals surface area (Å²) in [5, 5.41) is 3.79. The van der Waals surface area contributed by atoms with Crippen LogP contribution in [-0.2, 0) is 4.79 Å². The fourth-order valence-electron chi connectivity index (χ4n) is 4.11. The Bertz CT molecular complexity index is 1070. The monoisotopic (exact) mass is 515 g/mol. The van der Waals surface area contributed by atoms with Gasteiger partial charge in [-0.3, -0.25) is 14.7 Å². The Hall–Kier alpha value is -3.03. The van der Waals surface area contributed by atoms with Crippen LogP contribution in [0.5, 0.6) is 5.75 Å². The van der Waals surface area contributed by atoms with Crippen molar-refractivity contribution in [2.24, 2.45) is 5.92 Å². The molecule has 0 bridgehead atoms. The van der Waals surface area contributed by atoms with Crippen LogP contribution in [0.25, 0.3) is 0 Å². The van der Waals surface area contributed by atoms with Crippen LogP contribution < -0.4 is 10.1 Å². The number of likely N-dealkylation sites (tertiary alicyclic amines) is 1. The molecule has 1 atom stereocenters. The molecule has 1 aliphatic rings. The number of aromatic nitrogens is 1. The number of benzene rings is 2. The van der Waals surface area contributed by atoms with Gasteiger partial charge in [0.25, 0.3) is 0 Å². The van der Waals surface area contributed by atoms with Crippen LogP contribution in [0.15, 0.2) is 66.9 Å². The SMILES string of the molecule is CC.O=C(NC(c1ccc(Cl)cc1)c1ccccn1)C1CCN(CCOc2c(F)cccc2F)CC1. The predicted molar refractivity (Wildman–Crippen MR) is 138 cm³/mol. The number of piperidine rings is 1. The zero-order valence-electron chi connectivity index (χ0n) is 20.6. The molecule has 0 radical (unpaired) electrons. The molecule has 0 spiro atoms. The molecule has 1 saturated heterocycles. The smallest absolute Gasteiger partial charge is 0.224 e. The third-order valence-corrected chi connectivity index (χ3v) is 6.26. The first-order valence-electron chi connectivity index (χ1n) is 12.3. The number of carbonyl (C=O) groups is 1. The summed E-state index contributed by atoms with van der Waals surface area (Å²) in [6.45, 7) is 6.11. The maximum Gasteiger partial charge on any atom is 0.224 e. The van der Waals surface area contributed by atoms with E-state index in [0.717, 1.165) is 11.3 Å². The van der Waals surface area contributed by atoms with E-state index in [2.05, 4.69) is 15.2 Å². The average molecular weight is 516 g/mol. The fraction of sp³-hybridized carbons (Fsp3) is 0.357. The van der Waals surface area contributed by atoms with Crippen molar-refractivity contribution >= 4 is 17.5 Å². The summed E-state index contributed by atoms with van der Waals surface area (Å²) >= 11 is 6.04. The van der Waals surface area contributed by atoms with Gasteiger partial charge >= 0.3 is 0 Å². The van der Waals surface area contributed by atoms with Gasteiger partial charge in [0.05, 0.1) is 11.7 Å². The molecular formula is C28H32ClF2N3O2. The number of ether oxygens (including phenoxy) is 1. The Labute approximate surface area is 216 Å². The van der Waals surface area contributed by atoms with Gasteiger partial charge in [0.15, 0.2) is 17.4 Å². The molecule has 8 heteroatoms. The lowest BCUT2D eigenvalue weighted by Crippen LogP contribution is -2.43. The minimum Gasteiger partial charge on any atom is -0.486 e. The van der Waals surface area contributed by atoms with Gasteiger partial charge in [0, 0.05) is 23.7 Å². The molecule has 0 aliphatic carbocycles. The van der Waals surface area contributed by atoms with E-state index in [1.807, 2.05) is 44.2 Å². The van der Waals surface area contributed by atoms with E-state index in [1.54, 1.807) is 18.3 Å². The van der Waals surface area contributed by atoms with Gasteiger partial charge in [-0.1, -0.05) is 49.7 Å². The van der Waals surface area contributed by atoms with Gasteiger partial charge in [-0.25, -0.2) is 8.78 Å². The summed E-state index contributed by atoms with van der Waals surface area (Å²) in [5.41, 5.74) is 1.67. The van der Waals surface area contributed by atoms with Gasteiger partial charge in [0.1, 0.15) is 6.61 Å². The molecule has 1 amide bonds. The summed E-state index contributed by atoms with van der Waals surface area (Å²) in [6.07, 6.45) is 3.09. The second-order valence-electron chi connectivity index (χ2n) is 8.26. The quantitative estimate of drug-likeness (QED) is 0.397. The summed E-state index contributed by atoms with van der Waals surface area (Å²) in [5.74, 6) is -1.91. The van der Waals surface area contributed by atoms with Crippen LogP contribution in [-0.4, -0.2) is 42.0 Å². The molecule has 3 aromatic rings. The zero-order valence-corrected chi connectivity index (χ0v) is 21.3. The number of para-hydroxylation sites is 1. The molecule has 4 rings (SSSR count). The maximum absolute atomic E-state index is 13.7. The van der Waals surface area contributed by atoms with Gasteiger partial charge in [-0.2, -0.15) is 0 Å². The van der Waals surface area contributed by atoms with Crippen LogP contribution >= 0.6 is 11.6 Å². The fourth-order valence-corrected chi connectivity index (χ4v) is 4.23. The highest BCUT2D eigenvalue weighted by molar-refractivity contribution is 6.30. The molecule has 5 nitrogen and oxygen atoms in total. The van der Waals surface area contributed by atoms with Crippen LogP contribution in [0, 0.1) is 17.6 Å². The predicted octanol–water partition coefficient (Wildman–Crippen LogP) is 6.04. The zero-order chi connectivity index (χ0) is 25.9. The third kappa shape index (κ3) is 7.48. The molecule has 2 aromatic carbocycles. The molecule has 1 unspecified atom stereocenters. The standard InChI is InChI=1S/C26H26ClF2N3O2.C2H6/c27-20-9-7-18(8-10-20)24(23-6-1-2-13-30-23)31-26(33)19-11-14-32(15-12-19)16-17-34-25-21(28)4-3-5-22(25)29;1-2/h1-10,13,19,24H,11-12,14-17H2,(H,31,33);1-2H3. The van der Waals surface area contributed by atoms with Gasteiger partial charge in [-0.15, -0.1) is 0 Å². The molecule has 1 aromatic heterocycles. The Morgan fingerprint density at radius 2 is 1.72 bits per heavy atom. The highest BCUT2D eigenvalue weighted by atomic mass is 35.5. The van der Waals surface area contributed by atoms with E-state index in [4.69, 9.17) is 16.3 Å². The molecule has 36 heavy (non-hydrogen) atoms. The number of amides is 1.